The molecule has 5 aromatic rings. The molecule has 4 N–H and O–H groups in total. The maximum absolute atomic E-state index is 14.2. The highest BCUT2D eigenvalue weighted by Crippen LogP contribution is 2.47. The summed E-state index contributed by atoms with van der Waals surface area (Å²) in [7, 11) is 0. The van der Waals surface area contributed by atoms with Gasteiger partial charge in [0.2, 0.25) is 11.8 Å². The Bertz CT molecular complexity index is 2500. The van der Waals surface area contributed by atoms with Gasteiger partial charge in [0.15, 0.2) is 0 Å². The maximum atomic E-state index is 14.2. The van der Waals surface area contributed by atoms with E-state index >= 15 is 0 Å². The molecular weight excluding hydrogens is 768 g/mol. The molecule has 0 spiro atoms. The number of imide groups is 1. The fourth-order valence-corrected chi connectivity index (χ4v) is 9.91. The molecule has 3 aromatic heterocycles. The van der Waals surface area contributed by atoms with Gasteiger partial charge in [-0.05, 0) is 48.7 Å². The lowest BCUT2D eigenvalue weighted by atomic mass is 9.90. The third-order valence-electron chi connectivity index (χ3n) is 12.7. The van der Waals surface area contributed by atoms with Gasteiger partial charge in [-0.15, -0.1) is 0 Å². The standard InChI is InChI=1S/C44H45FN10O5/c45-27-9-17-54-36(26-48-38(54)21-27)31-6-7-35(41-33(31)25-49-42(41)58)50-37-8-5-28(24-47-37)52-15-10-30(11-16-52)60-20-12-44(53-18-13-46-14-19-53)34-4-2-1-3-32(34)43(59)55(44)29-22-39(56)51-40(57)23-29/h1-9,17,21,24,26,29-30,46H,10-16,18-20,22-23,25H2,(H,47,50)(H,49,58)(H,51,56,57). The van der Waals surface area contributed by atoms with Crippen molar-refractivity contribution in [3.63, 3.8) is 0 Å². The van der Waals surface area contributed by atoms with Crippen molar-refractivity contribution in [2.45, 2.75) is 56.5 Å². The molecule has 2 aromatic carbocycles. The van der Waals surface area contributed by atoms with Crippen LogP contribution in [0.5, 0.6) is 0 Å². The number of fused-ring (bicyclic) bond motifs is 3. The first-order chi connectivity index (χ1) is 29.3. The summed E-state index contributed by atoms with van der Waals surface area (Å²) in [6.45, 7) is 5.29. The summed E-state index contributed by atoms with van der Waals surface area (Å²) in [6, 6.07) is 17.6. The number of ether oxygens (including phenoxy) is 1. The minimum atomic E-state index is -0.844. The Morgan fingerprint density at radius 2 is 1.68 bits per heavy atom. The van der Waals surface area contributed by atoms with Crippen LogP contribution < -0.4 is 26.2 Å². The van der Waals surface area contributed by atoms with E-state index in [9.17, 15) is 23.6 Å². The quantitative estimate of drug-likeness (QED) is 0.151. The second-order valence-electron chi connectivity index (χ2n) is 16.1. The average molecular weight is 813 g/mol. The molecule has 4 amide bonds. The number of nitrogens with one attached hydrogen (secondary N) is 4. The van der Waals surface area contributed by atoms with Crippen LogP contribution >= 0.6 is 0 Å². The third-order valence-corrected chi connectivity index (χ3v) is 12.7. The zero-order valence-corrected chi connectivity index (χ0v) is 33.0. The van der Waals surface area contributed by atoms with Crippen LogP contribution in [0, 0.1) is 5.82 Å². The molecule has 3 saturated heterocycles. The van der Waals surface area contributed by atoms with E-state index in [0.29, 0.717) is 60.9 Å². The van der Waals surface area contributed by atoms with E-state index in [-0.39, 0.29) is 48.4 Å². The van der Waals surface area contributed by atoms with Crippen LogP contribution in [0.1, 0.15) is 63.9 Å². The Labute approximate surface area is 345 Å². The summed E-state index contributed by atoms with van der Waals surface area (Å²) in [4.78, 5) is 68.1. The van der Waals surface area contributed by atoms with Gasteiger partial charge in [0, 0.05) is 94.0 Å². The van der Waals surface area contributed by atoms with Crippen LogP contribution in [0.3, 0.4) is 0 Å². The van der Waals surface area contributed by atoms with Crippen molar-refractivity contribution in [2.75, 3.05) is 56.1 Å². The summed E-state index contributed by atoms with van der Waals surface area (Å²) in [5, 5.41) is 12.1. The number of anilines is 3. The van der Waals surface area contributed by atoms with Crippen molar-refractivity contribution in [3.05, 3.63) is 107 Å². The van der Waals surface area contributed by atoms with E-state index in [1.54, 1.807) is 12.4 Å². The van der Waals surface area contributed by atoms with Crippen molar-refractivity contribution in [2.24, 2.45) is 0 Å². The Balaban J connectivity index is 0.803. The van der Waals surface area contributed by atoms with Crippen LogP contribution in [-0.4, -0.2) is 106 Å². The fourth-order valence-electron chi connectivity index (χ4n) is 9.91. The van der Waals surface area contributed by atoms with Crippen molar-refractivity contribution in [3.8, 4) is 11.3 Å². The first-order valence-electron chi connectivity index (χ1n) is 20.6. The van der Waals surface area contributed by atoms with E-state index < -0.39 is 11.7 Å². The number of hydrogen-bond acceptors (Lipinski definition) is 11. The monoisotopic (exact) mass is 812 g/mol. The number of imidazole rings is 1. The van der Waals surface area contributed by atoms with Crippen LogP contribution in [0.25, 0.3) is 16.9 Å². The lowest BCUT2D eigenvalue weighted by Crippen LogP contribution is -2.65. The van der Waals surface area contributed by atoms with Crippen molar-refractivity contribution >= 4 is 46.5 Å². The molecule has 15 nitrogen and oxygen atoms in total. The highest BCUT2D eigenvalue weighted by Gasteiger charge is 2.56. The SMILES string of the molecule is O=C1CC(N2C(=O)c3ccccc3C2(CCOC2CCN(c3ccc(Nc4ccc(-c5cnc6cc(F)ccn56)c5c4C(=O)NC5)nc3)CC2)N2CCNCC2)CC(=O)N1. The molecule has 1 unspecified atom stereocenters. The number of piperazine rings is 1. The molecule has 308 valence electrons. The highest BCUT2D eigenvalue weighted by molar-refractivity contribution is 6.06. The van der Waals surface area contributed by atoms with Crippen molar-refractivity contribution in [1.29, 1.82) is 0 Å². The number of piperidine rings is 2. The van der Waals surface area contributed by atoms with Gasteiger partial charge in [-0.25, -0.2) is 14.4 Å². The largest absolute Gasteiger partial charge is 0.378 e. The summed E-state index contributed by atoms with van der Waals surface area (Å²) in [5.74, 6) is -0.799. The smallest absolute Gasteiger partial charge is 0.256 e. The fraction of sp³-hybridized carbons (Fsp3) is 0.364. The van der Waals surface area contributed by atoms with E-state index in [2.05, 4.69) is 36.1 Å². The van der Waals surface area contributed by atoms with E-state index in [1.165, 1.54) is 12.1 Å². The normalized spacial score (nSPS) is 21.4. The number of hydrogen-bond donors (Lipinski definition) is 4. The van der Waals surface area contributed by atoms with E-state index in [1.807, 2.05) is 64.0 Å². The lowest BCUT2D eigenvalue weighted by Gasteiger charge is -2.52. The molecule has 10 rings (SSSR count). The Morgan fingerprint density at radius 3 is 2.47 bits per heavy atom. The summed E-state index contributed by atoms with van der Waals surface area (Å²) < 4.78 is 22.3. The van der Waals surface area contributed by atoms with Crippen LogP contribution in [0.4, 0.5) is 21.6 Å². The molecule has 3 fully saturated rings. The van der Waals surface area contributed by atoms with E-state index in [0.717, 1.165) is 67.1 Å². The van der Waals surface area contributed by atoms with Gasteiger partial charge in [-0.2, -0.15) is 0 Å². The molecule has 60 heavy (non-hydrogen) atoms. The van der Waals surface area contributed by atoms with Gasteiger partial charge in [-0.3, -0.25) is 33.8 Å². The second kappa shape index (κ2) is 15.4. The molecule has 5 aliphatic heterocycles. The summed E-state index contributed by atoms with van der Waals surface area (Å²) in [6.07, 6.45) is 7.48. The third kappa shape index (κ3) is 6.64. The van der Waals surface area contributed by atoms with Gasteiger partial charge in [0.05, 0.1) is 53.8 Å². The molecule has 0 radical (unpaired) electrons. The zero-order valence-electron chi connectivity index (χ0n) is 33.0. The maximum Gasteiger partial charge on any atom is 0.256 e. The number of halogens is 1. The van der Waals surface area contributed by atoms with Crippen LogP contribution in [0.15, 0.2) is 79.3 Å². The van der Waals surface area contributed by atoms with Crippen LogP contribution in [0.2, 0.25) is 0 Å². The highest BCUT2D eigenvalue weighted by atomic mass is 19.1. The number of nitrogens with zero attached hydrogens (tertiary/aromatic N) is 6. The van der Waals surface area contributed by atoms with Gasteiger partial charge in [0.25, 0.3) is 11.8 Å². The number of amides is 4. The predicted molar refractivity (Wildman–Crippen MR) is 220 cm³/mol. The number of aromatic nitrogens is 3. The number of carbonyl (C=O) groups is 4. The summed E-state index contributed by atoms with van der Waals surface area (Å²) in [5.41, 5.74) is 5.80. The Kier molecular flexibility index (Phi) is 9.77. The van der Waals surface area contributed by atoms with Gasteiger partial charge < -0.3 is 30.5 Å². The Morgan fingerprint density at radius 1 is 0.883 bits per heavy atom. The van der Waals surface area contributed by atoms with Crippen LogP contribution in [-0.2, 0) is 26.5 Å². The second-order valence-corrected chi connectivity index (χ2v) is 16.1. The molecule has 1 atom stereocenters. The summed E-state index contributed by atoms with van der Waals surface area (Å²) >= 11 is 0. The molecule has 0 bridgehead atoms. The van der Waals surface area contributed by atoms with Gasteiger partial charge in [0.1, 0.15) is 22.9 Å². The van der Waals surface area contributed by atoms with Crippen molar-refractivity contribution < 1.29 is 28.3 Å². The first-order valence-corrected chi connectivity index (χ1v) is 20.6. The van der Waals surface area contributed by atoms with Gasteiger partial charge >= 0.3 is 0 Å². The van der Waals surface area contributed by atoms with Crippen molar-refractivity contribution in [1.82, 2.24) is 40.1 Å². The number of benzene rings is 2. The predicted octanol–water partition coefficient (Wildman–Crippen LogP) is 3.92. The number of rotatable bonds is 10. The molecule has 8 heterocycles. The average Bonchev–Trinajstić information content (AvgIpc) is 3.94. The lowest BCUT2D eigenvalue weighted by molar-refractivity contribution is -0.139. The minimum absolute atomic E-state index is 0.0241. The number of pyridine rings is 2. The first kappa shape index (κ1) is 38.0. The molecule has 0 aliphatic carbocycles. The van der Waals surface area contributed by atoms with E-state index in [4.69, 9.17) is 9.72 Å². The molecule has 16 heteroatoms. The minimum Gasteiger partial charge on any atom is -0.378 e. The van der Waals surface area contributed by atoms with Gasteiger partial charge in [-0.1, -0.05) is 24.3 Å². The molecular formula is C44H45FN10O5. The molecule has 5 aliphatic rings. The molecule has 0 saturated carbocycles. The zero-order chi connectivity index (χ0) is 41.0. The number of carbonyl (C=O) groups excluding carboxylic acids is 4. The topological polar surface area (TPSA) is 166 Å². The Hall–Kier alpha value is -6.23.